The van der Waals surface area contributed by atoms with E-state index in [0.717, 1.165) is 5.56 Å². The van der Waals surface area contributed by atoms with Gasteiger partial charge in [0.05, 0.1) is 7.11 Å². The molecule has 3 nitrogen and oxygen atoms in total. The summed E-state index contributed by atoms with van der Waals surface area (Å²) in [4.78, 5) is 11.7. The molecule has 1 aromatic rings. The molecule has 0 spiro atoms. The van der Waals surface area contributed by atoms with Crippen LogP contribution >= 0.6 is 6.19 Å². The maximum atomic E-state index is 11.7. The molecule has 0 aromatic heterocycles. The van der Waals surface area contributed by atoms with Crippen molar-refractivity contribution >= 4 is 24.0 Å². The lowest BCUT2D eigenvalue weighted by atomic mass is 10.1. The quantitative estimate of drug-likeness (QED) is 0.657. The highest BCUT2D eigenvalue weighted by atomic mass is 32.4. The molecule has 0 saturated carbocycles. The predicted octanol–water partition coefficient (Wildman–Crippen LogP) is 2.01. The minimum absolute atomic E-state index is 0.258. The molecular weight excluding hydrogens is 253 g/mol. The van der Waals surface area contributed by atoms with Gasteiger partial charge < -0.3 is 4.74 Å². The predicted molar refractivity (Wildman–Crippen MR) is 75.2 cm³/mol. The minimum atomic E-state index is -1.64. The van der Waals surface area contributed by atoms with Crippen LogP contribution in [0.1, 0.15) is 5.56 Å². The normalized spacial score (nSPS) is 13.1. The molecule has 0 heterocycles. The van der Waals surface area contributed by atoms with Gasteiger partial charge in [0.2, 0.25) is 0 Å². The molecular formula is C12H18NO2PS. The van der Waals surface area contributed by atoms with E-state index in [1.54, 1.807) is 0 Å². The number of esters is 1. The molecule has 1 aromatic carbocycles. The van der Waals surface area contributed by atoms with E-state index in [0.29, 0.717) is 6.42 Å². The van der Waals surface area contributed by atoms with E-state index in [9.17, 15) is 4.79 Å². The van der Waals surface area contributed by atoms with Gasteiger partial charge in [-0.15, -0.1) is 0 Å². The maximum Gasteiger partial charge on any atom is 0.323 e. The maximum absolute atomic E-state index is 11.7. The van der Waals surface area contributed by atoms with Crippen molar-refractivity contribution in [2.24, 2.45) is 0 Å². The zero-order chi connectivity index (χ0) is 12.9. The molecule has 0 fully saturated rings. The van der Waals surface area contributed by atoms with Crippen molar-refractivity contribution < 1.29 is 9.53 Å². The lowest BCUT2D eigenvalue weighted by Gasteiger charge is -2.21. The molecule has 0 amide bonds. The first-order valence-electron chi connectivity index (χ1n) is 5.37. The summed E-state index contributed by atoms with van der Waals surface area (Å²) in [5, 5.41) is 3.21. The van der Waals surface area contributed by atoms with E-state index in [1.807, 2.05) is 43.7 Å². The molecule has 0 aliphatic rings. The monoisotopic (exact) mass is 271 g/mol. The van der Waals surface area contributed by atoms with Crippen LogP contribution in [0.15, 0.2) is 30.3 Å². The van der Waals surface area contributed by atoms with Gasteiger partial charge in [0.15, 0.2) is 0 Å². The van der Waals surface area contributed by atoms with E-state index in [2.05, 4.69) is 5.09 Å². The molecule has 5 heteroatoms. The standard InChI is InChI=1S/C12H18NO2PS/c1-15-12(14)11(13-16(2,3)17)9-10-7-5-4-6-8-10/h4-8,11H,9H2,1-3H3,(H,13,17)/t11-/m0/s1. The Morgan fingerprint density at radius 2 is 2.00 bits per heavy atom. The van der Waals surface area contributed by atoms with Gasteiger partial charge in [-0.1, -0.05) is 42.1 Å². The molecule has 17 heavy (non-hydrogen) atoms. The molecule has 0 unspecified atom stereocenters. The van der Waals surface area contributed by atoms with Crippen molar-refractivity contribution in [2.45, 2.75) is 12.5 Å². The van der Waals surface area contributed by atoms with Crippen molar-refractivity contribution in [2.75, 3.05) is 20.4 Å². The van der Waals surface area contributed by atoms with Gasteiger partial charge in [0.25, 0.3) is 0 Å². The van der Waals surface area contributed by atoms with Crippen molar-refractivity contribution in [3.05, 3.63) is 35.9 Å². The Bertz CT molecular complexity index is 416. The number of rotatable bonds is 5. The summed E-state index contributed by atoms with van der Waals surface area (Å²) in [5.74, 6) is -0.258. The van der Waals surface area contributed by atoms with Crippen LogP contribution in [0.4, 0.5) is 0 Å². The van der Waals surface area contributed by atoms with Crippen LogP contribution < -0.4 is 5.09 Å². The second-order valence-electron chi connectivity index (χ2n) is 4.25. The molecule has 1 rings (SSSR count). The van der Waals surface area contributed by atoms with Crippen molar-refractivity contribution in [1.82, 2.24) is 5.09 Å². The number of hydrogen-bond acceptors (Lipinski definition) is 3. The minimum Gasteiger partial charge on any atom is -0.468 e. The second-order valence-corrected chi connectivity index (χ2v) is 9.94. The molecule has 1 atom stereocenters. The summed E-state index contributed by atoms with van der Waals surface area (Å²) in [6.07, 6.45) is -1.04. The van der Waals surface area contributed by atoms with Crippen molar-refractivity contribution in [1.29, 1.82) is 0 Å². The molecule has 0 aliphatic heterocycles. The number of benzene rings is 1. The largest absolute Gasteiger partial charge is 0.468 e. The number of ether oxygens (including phenoxy) is 1. The highest BCUT2D eigenvalue weighted by Gasteiger charge is 2.22. The van der Waals surface area contributed by atoms with E-state index < -0.39 is 6.19 Å². The summed E-state index contributed by atoms with van der Waals surface area (Å²) in [5.41, 5.74) is 1.10. The average molecular weight is 271 g/mol. The van der Waals surface area contributed by atoms with Crippen molar-refractivity contribution in [3.8, 4) is 0 Å². The van der Waals surface area contributed by atoms with E-state index in [-0.39, 0.29) is 12.0 Å². The fourth-order valence-corrected chi connectivity index (χ4v) is 2.88. The molecule has 0 saturated heterocycles. The summed E-state index contributed by atoms with van der Waals surface area (Å²) in [6.45, 7) is 3.92. The highest BCUT2D eigenvalue weighted by Crippen LogP contribution is 2.31. The Kier molecular flexibility index (Phi) is 5.31. The van der Waals surface area contributed by atoms with E-state index in [4.69, 9.17) is 16.5 Å². The van der Waals surface area contributed by atoms with Gasteiger partial charge in [-0.25, -0.2) is 0 Å². The third kappa shape index (κ3) is 5.44. The molecule has 0 aliphatic carbocycles. The van der Waals surface area contributed by atoms with Crippen LogP contribution in [-0.4, -0.2) is 32.5 Å². The Morgan fingerprint density at radius 1 is 1.41 bits per heavy atom. The third-order valence-corrected chi connectivity index (χ3v) is 3.48. The molecule has 1 N–H and O–H groups in total. The fourth-order valence-electron chi connectivity index (χ4n) is 1.55. The number of carbonyl (C=O) groups excluding carboxylic acids is 1. The second kappa shape index (κ2) is 6.29. The number of methoxy groups -OCH3 is 1. The van der Waals surface area contributed by atoms with Gasteiger partial charge in [0.1, 0.15) is 6.04 Å². The zero-order valence-electron chi connectivity index (χ0n) is 10.3. The van der Waals surface area contributed by atoms with Gasteiger partial charge in [-0.3, -0.25) is 9.88 Å². The topological polar surface area (TPSA) is 38.3 Å². The molecule has 0 radical (unpaired) electrons. The van der Waals surface area contributed by atoms with Crippen LogP contribution in [-0.2, 0) is 27.8 Å². The summed E-state index contributed by atoms with van der Waals surface area (Å²) >= 11 is 5.34. The number of nitrogens with one attached hydrogen (secondary N) is 1. The number of hydrogen-bond donors (Lipinski definition) is 1. The average Bonchev–Trinajstić information content (AvgIpc) is 2.27. The Morgan fingerprint density at radius 3 is 2.47 bits per heavy atom. The first-order valence-corrected chi connectivity index (χ1v) is 9.06. The number of carbonyl (C=O) groups is 1. The Labute approximate surface area is 108 Å². The van der Waals surface area contributed by atoms with Gasteiger partial charge in [-0.2, -0.15) is 0 Å². The van der Waals surface area contributed by atoms with E-state index in [1.165, 1.54) is 7.11 Å². The summed E-state index contributed by atoms with van der Waals surface area (Å²) in [7, 11) is 1.40. The van der Waals surface area contributed by atoms with Crippen LogP contribution in [0.5, 0.6) is 0 Å². The molecule has 94 valence electrons. The summed E-state index contributed by atoms with van der Waals surface area (Å²) in [6, 6.07) is 9.49. The van der Waals surface area contributed by atoms with Crippen molar-refractivity contribution in [3.63, 3.8) is 0 Å². The first kappa shape index (κ1) is 14.4. The first-order chi connectivity index (χ1) is 7.92. The van der Waals surface area contributed by atoms with Crippen LogP contribution in [0, 0.1) is 0 Å². The highest BCUT2D eigenvalue weighted by molar-refractivity contribution is 8.13. The van der Waals surface area contributed by atoms with Crippen LogP contribution in [0.3, 0.4) is 0 Å². The molecule has 0 bridgehead atoms. The third-order valence-electron chi connectivity index (χ3n) is 2.24. The smallest absolute Gasteiger partial charge is 0.323 e. The summed E-state index contributed by atoms with van der Waals surface area (Å²) < 4.78 is 4.80. The van der Waals surface area contributed by atoms with Gasteiger partial charge in [0, 0.05) is 6.19 Å². The lowest BCUT2D eigenvalue weighted by Crippen LogP contribution is -2.37. The van der Waals surface area contributed by atoms with Gasteiger partial charge in [-0.05, 0) is 25.3 Å². The van der Waals surface area contributed by atoms with E-state index >= 15 is 0 Å². The van der Waals surface area contributed by atoms with Crippen LogP contribution in [0.2, 0.25) is 0 Å². The lowest BCUT2D eigenvalue weighted by molar-refractivity contribution is -0.142. The fraction of sp³-hybridized carbons (Fsp3) is 0.417. The Hall–Kier alpha value is -0.700. The zero-order valence-corrected chi connectivity index (χ0v) is 12.1. The Balaban J connectivity index is 2.78. The van der Waals surface area contributed by atoms with Crippen LogP contribution in [0.25, 0.3) is 0 Å². The van der Waals surface area contributed by atoms with Gasteiger partial charge >= 0.3 is 5.97 Å². The SMILES string of the molecule is COC(=O)[C@H](Cc1ccccc1)NP(C)(C)=S.